The molecule has 3 aromatic rings. The number of rotatable bonds is 5. The number of ether oxygens (including phenoxy) is 1. The monoisotopic (exact) mass is 427 g/mol. The van der Waals surface area contributed by atoms with Crippen molar-refractivity contribution in [3.05, 3.63) is 53.5 Å². The quantitative estimate of drug-likeness (QED) is 0.595. The highest BCUT2D eigenvalue weighted by Crippen LogP contribution is 2.29. The van der Waals surface area contributed by atoms with Crippen molar-refractivity contribution < 1.29 is 9.26 Å². The van der Waals surface area contributed by atoms with Gasteiger partial charge in [0.15, 0.2) is 5.76 Å². The number of para-hydroxylation sites is 2. The van der Waals surface area contributed by atoms with Crippen LogP contribution in [0.2, 0.25) is 0 Å². The van der Waals surface area contributed by atoms with Gasteiger partial charge in [0, 0.05) is 38.8 Å². The first-order valence-corrected chi connectivity index (χ1v) is 9.31. The van der Waals surface area contributed by atoms with E-state index in [2.05, 4.69) is 44.6 Å². The van der Waals surface area contributed by atoms with Gasteiger partial charge in [0.25, 0.3) is 0 Å². The molecule has 1 aliphatic heterocycles. The summed E-state index contributed by atoms with van der Waals surface area (Å²) in [5, 5.41) is 6.28. The van der Waals surface area contributed by atoms with E-state index in [-0.39, 0.29) is 24.8 Å². The number of benzene rings is 1. The van der Waals surface area contributed by atoms with Crippen molar-refractivity contribution in [1.29, 1.82) is 0 Å². The van der Waals surface area contributed by atoms with Crippen molar-refractivity contribution in [2.75, 3.05) is 38.2 Å². The fourth-order valence-corrected chi connectivity index (χ4v) is 3.86. The molecule has 0 atom stereocenters. The van der Waals surface area contributed by atoms with Gasteiger partial charge in [-0.2, -0.15) is 0 Å². The molecule has 2 aromatic heterocycles. The van der Waals surface area contributed by atoms with E-state index in [0.717, 1.165) is 54.8 Å². The SMILES string of the molecule is COc1ccccc1N1CCN(Cc2cc(-c3cccs3)on2)CC1.Cl.Cl. The van der Waals surface area contributed by atoms with Crippen LogP contribution in [0, 0.1) is 0 Å². The highest BCUT2D eigenvalue weighted by atomic mass is 35.5. The zero-order valence-corrected chi connectivity index (χ0v) is 17.5. The summed E-state index contributed by atoms with van der Waals surface area (Å²) in [5.41, 5.74) is 2.17. The molecule has 0 aliphatic carbocycles. The Labute approximate surface area is 175 Å². The summed E-state index contributed by atoms with van der Waals surface area (Å²) in [6, 6.07) is 14.3. The Morgan fingerprint density at radius 2 is 1.85 bits per heavy atom. The lowest BCUT2D eigenvalue weighted by atomic mass is 10.2. The molecular weight excluding hydrogens is 405 g/mol. The Hall–Kier alpha value is -1.73. The lowest BCUT2D eigenvalue weighted by Gasteiger charge is -2.36. The zero-order chi connectivity index (χ0) is 17.1. The van der Waals surface area contributed by atoms with Crippen LogP contribution in [-0.2, 0) is 6.54 Å². The van der Waals surface area contributed by atoms with E-state index in [1.165, 1.54) is 5.69 Å². The van der Waals surface area contributed by atoms with Crippen molar-refractivity contribution in [2.24, 2.45) is 0 Å². The number of aromatic nitrogens is 1. The molecule has 1 aromatic carbocycles. The van der Waals surface area contributed by atoms with Gasteiger partial charge in [-0.05, 0) is 23.6 Å². The van der Waals surface area contributed by atoms with Gasteiger partial charge in [0.2, 0.25) is 0 Å². The summed E-state index contributed by atoms with van der Waals surface area (Å²) in [4.78, 5) is 5.93. The molecule has 3 heterocycles. The molecule has 1 saturated heterocycles. The van der Waals surface area contributed by atoms with Crippen molar-refractivity contribution in [1.82, 2.24) is 10.1 Å². The first-order chi connectivity index (χ1) is 12.3. The average Bonchev–Trinajstić information content (AvgIpc) is 3.34. The molecule has 0 N–H and O–H groups in total. The highest BCUT2D eigenvalue weighted by Gasteiger charge is 2.20. The van der Waals surface area contributed by atoms with Crippen LogP contribution in [0.3, 0.4) is 0 Å². The Morgan fingerprint density at radius 3 is 2.56 bits per heavy atom. The second-order valence-corrected chi connectivity index (χ2v) is 7.04. The highest BCUT2D eigenvalue weighted by molar-refractivity contribution is 7.13. The van der Waals surface area contributed by atoms with Gasteiger partial charge >= 0.3 is 0 Å². The number of hydrogen-bond donors (Lipinski definition) is 0. The molecule has 0 saturated carbocycles. The van der Waals surface area contributed by atoms with Crippen LogP contribution in [0.1, 0.15) is 5.69 Å². The van der Waals surface area contributed by atoms with Crippen LogP contribution in [-0.4, -0.2) is 43.3 Å². The van der Waals surface area contributed by atoms with Crippen LogP contribution >= 0.6 is 36.2 Å². The topological polar surface area (TPSA) is 41.7 Å². The molecule has 146 valence electrons. The number of methoxy groups -OCH3 is 1. The predicted octanol–water partition coefficient (Wildman–Crippen LogP) is 4.58. The minimum absolute atomic E-state index is 0. The second-order valence-electron chi connectivity index (χ2n) is 6.09. The van der Waals surface area contributed by atoms with E-state index in [1.807, 2.05) is 18.2 Å². The van der Waals surface area contributed by atoms with Crippen molar-refractivity contribution >= 4 is 41.8 Å². The van der Waals surface area contributed by atoms with Gasteiger partial charge in [0.05, 0.1) is 23.4 Å². The van der Waals surface area contributed by atoms with Gasteiger partial charge in [0.1, 0.15) is 5.75 Å². The van der Waals surface area contributed by atoms with Crippen molar-refractivity contribution in [3.63, 3.8) is 0 Å². The van der Waals surface area contributed by atoms with E-state index in [0.29, 0.717) is 0 Å². The number of thiophene rings is 1. The first-order valence-electron chi connectivity index (χ1n) is 8.43. The standard InChI is InChI=1S/C19H21N3O2S.2ClH/c1-23-17-6-3-2-5-16(17)22-10-8-21(9-11-22)14-15-13-18(24-20-15)19-7-4-12-25-19;;/h2-7,12-13H,8-11,14H2,1H3;2*1H. The summed E-state index contributed by atoms with van der Waals surface area (Å²) in [5.74, 6) is 1.80. The summed E-state index contributed by atoms with van der Waals surface area (Å²) < 4.78 is 11.0. The van der Waals surface area contributed by atoms with E-state index >= 15 is 0 Å². The molecule has 1 aliphatic rings. The average molecular weight is 428 g/mol. The number of piperazine rings is 1. The fourth-order valence-electron chi connectivity index (χ4n) is 3.19. The van der Waals surface area contributed by atoms with Crippen LogP contribution in [0.15, 0.2) is 52.4 Å². The summed E-state index contributed by atoms with van der Waals surface area (Å²) in [7, 11) is 1.73. The van der Waals surface area contributed by atoms with Crippen molar-refractivity contribution in [2.45, 2.75) is 6.54 Å². The first kappa shape index (κ1) is 21.6. The summed E-state index contributed by atoms with van der Waals surface area (Å²) in [6.45, 7) is 4.79. The van der Waals surface area contributed by atoms with Crippen LogP contribution in [0.25, 0.3) is 10.6 Å². The summed E-state index contributed by atoms with van der Waals surface area (Å²) in [6.07, 6.45) is 0. The third kappa shape index (κ3) is 4.96. The molecule has 0 amide bonds. The van der Waals surface area contributed by atoms with E-state index in [1.54, 1.807) is 18.4 Å². The maximum atomic E-state index is 5.48. The molecule has 0 spiro atoms. The Morgan fingerprint density at radius 1 is 1.07 bits per heavy atom. The van der Waals surface area contributed by atoms with Gasteiger partial charge in [-0.25, -0.2) is 0 Å². The molecule has 0 radical (unpaired) electrons. The van der Waals surface area contributed by atoms with Gasteiger partial charge < -0.3 is 14.2 Å². The maximum absolute atomic E-state index is 5.48. The molecule has 0 unspecified atom stereocenters. The third-order valence-electron chi connectivity index (χ3n) is 4.51. The number of nitrogens with zero attached hydrogens (tertiary/aromatic N) is 3. The Balaban J connectivity index is 0.00000131. The molecule has 4 rings (SSSR count). The van der Waals surface area contributed by atoms with Crippen molar-refractivity contribution in [3.8, 4) is 16.4 Å². The van der Waals surface area contributed by atoms with Crippen LogP contribution < -0.4 is 9.64 Å². The van der Waals surface area contributed by atoms with Crippen LogP contribution in [0.5, 0.6) is 5.75 Å². The van der Waals surface area contributed by atoms with Crippen LogP contribution in [0.4, 0.5) is 5.69 Å². The van der Waals surface area contributed by atoms with E-state index < -0.39 is 0 Å². The van der Waals surface area contributed by atoms with Gasteiger partial charge in [-0.1, -0.05) is 23.4 Å². The molecular formula is C19H23Cl2N3O2S. The maximum Gasteiger partial charge on any atom is 0.177 e. The normalized spacial score (nSPS) is 14.3. The molecule has 27 heavy (non-hydrogen) atoms. The predicted molar refractivity (Wildman–Crippen MR) is 115 cm³/mol. The molecule has 0 bridgehead atoms. The zero-order valence-electron chi connectivity index (χ0n) is 15.0. The lowest BCUT2D eigenvalue weighted by Crippen LogP contribution is -2.46. The van der Waals surface area contributed by atoms with E-state index in [9.17, 15) is 0 Å². The molecule has 5 nitrogen and oxygen atoms in total. The number of hydrogen-bond acceptors (Lipinski definition) is 6. The Kier molecular flexibility index (Phi) is 7.98. The Bertz CT molecular complexity index is 818. The molecule has 1 fully saturated rings. The fraction of sp³-hybridized carbons (Fsp3) is 0.316. The minimum atomic E-state index is 0. The molecule has 8 heteroatoms. The van der Waals surface area contributed by atoms with E-state index in [4.69, 9.17) is 9.26 Å². The van der Waals surface area contributed by atoms with Gasteiger partial charge in [-0.3, -0.25) is 4.90 Å². The second kappa shape index (κ2) is 9.99. The smallest absolute Gasteiger partial charge is 0.177 e. The largest absolute Gasteiger partial charge is 0.495 e. The lowest BCUT2D eigenvalue weighted by molar-refractivity contribution is 0.241. The third-order valence-corrected chi connectivity index (χ3v) is 5.39. The van der Waals surface area contributed by atoms with Gasteiger partial charge in [-0.15, -0.1) is 36.2 Å². The summed E-state index contributed by atoms with van der Waals surface area (Å²) >= 11 is 1.67. The minimum Gasteiger partial charge on any atom is -0.495 e. The number of halogens is 2. The number of anilines is 1.